The number of para-hydroxylation sites is 1. The molecule has 0 aliphatic rings. The molecule has 0 radical (unpaired) electrons. The molecule has 0 aliphatic carbocycles. The number of thiazole rings is 1. The van der Waals surface area contributed by atoms with Crippen LogP contribution in [0.4, 0.5) is 5.69 Å². The van der Waals surface area contributed by atoms with Crippen molar-refractivity contribution >= 4 is 17.0 Å². The van der Waals surface area contributed by atoms with Gasteiger partial charge in [-0.1, -0.05) is 25.1 Å². The lowest BCUT2D eigenvalue weighted by Crippen LogP contribution is -2.20. The van der Waals surface area contributed by atoms with Gasteiger partial charge in [-0.25, -0.2) is 4.98 Å². The van der Waals surface area contributed by atoms with Crippen molar-refractivity contribution in [3.8, 4) is 0 Å². The van der Waals surface area contributed by atoms with E-state index in [0.717, 1.165) is 18.7 Å². The molecule has 0 aliphatic heterocycles. The fourth-order valence-electron chi connectivity index (χ4n) is 2.15. The van der Waals surface area contributed by atoms with Gasteiger partial charge in [0.2, 0.25) is 0 Å². The fourth-order valence-corrected chi connectivity index (χ4v) is 2.98. The first-order valence-electron chi connectivity index (χ1n) is 6.58. The molecule has 1 heterocycles. The molecular weight excluding hydrogens is 254 g/mol. The monoisotopic (exact) mass is 275 g/mol. The van der Waals surface area contributed by atoms with E-state index in [9.17, 15) is 0 Å². The molecule has 0 saturated carbocycles. The van der Waals surface area contributed by atoms with Gasteiger partial charge in [-0.15, -0.1) is 11.3 Å². The molecular formula is C15H21N3S. The minimum Gasteiger partial charge on any atom is -0.369 e. The van der Waals surface area contributed by atoms with Gasteiger partial charge in [-0.05, 0) is 25.0 Å². The summed E-state index contributed by atoms with van der Waals surface area (Å²) in [6.45, 7) is 5.06. The Morgan fingerprint density at radius 2 is 2.11 bits per heavy atom. The first kappa shape index (κ1) is 14.0. The molecule has 2 rings (SSSR count). The topological polar surface area (TPSA) is 42.1 Å². The van der Waals surface area contributed by atoms with Crippen LogP contribution in [-0.4, -0.2) is 12.0 Å². The van der Waals surface area contributed by atoms with Gasteiger partial charge in [-0.3, -0.25) is 0 Å². The maximum Gasteiger partial charge on any atom is 0.0798 e. The highest BCUT2D eigenvalue weighted by Gasteiger charge is 2.13. The van der Waals surface area contributed by atoms with E-state index in [4.69, 9.17) is 5.73 Å². The number of nitrogens with two attached hydrogens (primary N) is 1. The predicted octanol–water partition coefficient (Wildman–Crippen LogP) is 3.50. The average molecular weight is 275 g/mol. The zero-order valence-electron chi connectivity index (χ0n) is 11.8. The smallest absolute Gasteiger partial charge is 0.0798 e. The molecule has 1 aromatic heterocycles. The van der Waals surface area contributed by atoms with Crippen molar-refractivity contribution in [3.05, 3.63) is 45.9 Å². The highest BCUT2D eigenvalue weighted by atomic mass is 32.1. The van der Waals surface area contributed by atoms with Crippen LogP contribution in [0.1, 0.15) is 35.5 Å². The Morgan fingerprint density at radius 3 is 2.74 bits per heavy atom. The second kappa shape index (κ2) is 6.17. The minimum atomic E-state index is 0.0983. The zero-order chi connectivity index (χ0) is 13.8. The van der Waals surface area contributed by atoms with Crippen molar-refractivity contribution in [1.29, 1.82) is 0 Å². The third-order valence-corrected chi connectivity index (χ3v) is 4.33. The first-order valence-corrected chi connectivity index (χ1v) is 7.46. The largest absolute Gasteiger partial charge is 0.369 e. The van der Waals surface area contributed by atoms with E-state index in [1.54, 1.807) is 11.3 Å². The van der Waals surface area contributed by atoms with Crippen molar-refractivity contribution < 1.29 is 0 Å². The van der Waals surface area contributed by atoms with E-state index in [0.29, 0.717) is 0 Å². The first-order chi connectivity index (χ1) is 9.13. The minimum absolute atomic E-state index is 0.0983. The lowest BCUT2D eigenvalue weighted by atomic mass is 10.0. The molecule has 0 unspecified atom stereocenters. The van der Waals surface area contributed by atoms with E-state index in [1.165, 1.54) is 16.1 Å². The highest BCUT2D eigenvalue weighted by Crippen LogP contribution is 2.28. The van der Waals surface area contributed by atoms with E-state index >= 15 is 0 Å². The zero-order valence-corrected chi connectivity index (χ0v) is 12.6. The third kappa shape index (κ3) is 3.14. The molecule has 0 bridgehead atoms. The van der Waals surface area contributed by atoms with Crippen LogP contribution in [0.5, 0.6) is 0 Å². The van der Waals surface area contributed by atoms with Gasteiger partial charge in [0, 0.05) is 23.7 Å². The Labute approximate surface area is 119 Å². The quantitative estimate of drug-likeness (QED) is 0.908. The Bertz CT molecular complexity index is 536. The Morgan fingerprint density at radius 1 is 1.37 bits per heavy atom. The maximum atomic E-state index is 6.20. The van der Waals surface area contributed by atoms with E-state index in [-0.39, 0.29) is 6.04 Å². The number of nitrogens with zero attached hydrogens (tertiary/aromatic N) is 2. The summed E-state index contributed by atoms with van der Waals surface area (Å²) in [5.41, 5.74) is 11.7. The molecule has 4 heteroatoms. The van der Waals surface area contributed by atoms with Gasteiger partial charge >= 0.3 is 0 Å². The van der Waals surface area contributed by atoms with Gasteiger partial charge in [0.05, 0.1) is 17.7 Å². The maximum absolute atomic E-state index is 6.20. The second-order valence-electron chi connectivity index (χ2n) is 4.79. The molecule has 3 nitrogen and oxygen atoms in total. The molecule has 2 aromatic rings. The molecule has 1 aromatic carbocycles. The van der Waals surface area contributed by atoms with E-state index in [2.05, 4.69) is 55.0 Å². The van der Waals surface area contributed by atoms with Gasteiger partial charge < -0.3 is 10.6 Å². The molecule has 0 spiro atoms. The van der Waals surface area contributed by atoms with Gasteiger partial charge in [0.15, 0.2) is 0 Å². The van der Waals surface area contributed by atoms with E-state index < -0.39 is 0 Å². The van der Waals surface area contributed by atoms with Crippen LogP contribution >= 0.6 is 11.3 Å². The highest BCUT2D eigenvalue weighted by molar-refractivity contribution is 7.09. The summed E-state index contributed by atoms with van der Waals surface area (Å²) >= 11 is 1.71. The van der Waals surface area contributed by atoms with Crippen LogP contribution in [0, 0.1) is 6.92 Å². The van der Waals surface area contributed by atoms with Crippen LogP contribution in [-0.2, 0) is 6.54 Å². The van der Waals surface area contributed by atoms with Crippen molar-refractivity contribution in [2.24, 2.45) is 5.73 Å². The van der Waals surface area contributed by atoms with Gasteiger partial charge in [-0.2, -0.15) is 0 Å². The summed E-state index contributed by atoms with van der Waals surface area (Å²) < 4.78 is 0. The SMILES string of the molecule is CC[C@H](N)c1ccccc1N(C)Cc1scnc1C. The van der Waals surface area contributed by atoms with Gasteiger partial charge in [0.1, 0.15) is 0 Å². The number of hydrogen-bond donors (Lipinski definition) is 1. The summed E-state index contributed by atoms with van der Waals surface area (Å²) in [6, 6.07) is 8.49. The number of aryl methyl sites for hydroxylation is 1. The molecule has 0 amide bonds. The van der Waals surface area contributed by atoms with Crippen molar-refractivity contribution in [1.82, 2.24) is 4.98 Å². The average Bonchev–Trinajstić information content (AvgIpc) is 2.83. The van der Waals surface area contributed by atoms with Crippen LogP contribution in [0.15, 0.2) is 29.8 Å². The molecule has 1 atom stereocenters. The van der Waals surface area contributed by atoms with Crippen LogP contribution in [0.2, 0.25) is 0 Å². The van der Waals surface area contributed by atoms with Crippen LogP contribution < -0.4 is 10.6 Å². The Kier molecular flexibility index (Phi) is 4.56. The normalized spacial score (nSPS) is 12.4. The lowest BCUT2D eigenvalue weighted by Gasteiger charge is -2.24. The second-order valence-corrected chi connectivity index (χ2v) is 5.73. The Balaban J connectivity index is 2.24. The summed E-state index contributed by atoms with van der Waals surface area (Å²) in [4.78, 5) is 7.87. The summed E-state index contributed by atoms with van der Waals surface area (Å²) in [5.74, 6) is 0. The molecule has 2 N–H and O–H groups in total. The standard InChI is InChI=1S/C15H21N3S/c1-4-13(16)12-7-5-6-8-14(12)18(3)9-15-11(2)17-10-19-15/h5-8,10,13H,4,9,16H2,1-3H3/t13-/m0/s1. The van der Waals surface area contributed by atoms with Crippen LogP contribution in [0.3, 0.4) is 0 Å². The lowest BCUT2D eigenvalue weighted by molar-refractivity contribution is 0.694. The number of aromatic nitrogens is 1. The summed E-state index contributed by atoms with van der Waals surface area (Å²) in [6.07, 6.45) is 0.949. The van der Waals surface area contributed by atoms with E-state index in [1.807, 2.05) is 5.51 Å². The van der Waals surface area contributed by atoms with Crippen LogP contribution in [0.25, 0.3) is 0 Å². The summed E-state index contributed by atoms with van der Waals surface area (Å²) in [5, 5.41) is 0. The number of rotatable bonds is 5. The third-order valence-electron chi connectivity index (χ3n) is 3.41. The number of benzene rings is 1. The molecule has 0 fully saturated rings. The molecule has 0 saturated heterocycles. The number of anilines is 1. The molecule has 102 valence electrons. The fraction of sp³-hybridized carbons (Fsp3) is 0.400. The molecule has 19 heavy (non-hydrogen) atoms. The number of hydrogen-bond acceptors (Lipinski definition) is 4. The van der Waals surface area contributed by atoms with Crippen molar-refractivity contribution in [2.45, 2.75) is 32.9 Å². The van der Waals surface area contributed by atoms with Crippen molar-refractivity contribution in [3.63, 3.8) is 0 Å². The predicted molar refractivity (Wildman–Crippen MR) is 82.6 cm³/mol. The van der Waals surface area contributed by atoms with Crippen molar-refractivity contribution in [2.75, 3.05) is 11.9 Å². The summed E-state index contributed by atoms with van der Waals surface area (Å²) in [7, 11) is 2.11. The van der Waals surface area contributed by atoms with Gasteiger partial charge in [0.25, 0.3) is 0 Å². The Hall–Kier alpha value is -1.39.